The highest BCUT2D eigenvalue weighted by Gasteiger charge is 2.48. The summed E-state index contributed by atoms with van der Waals surface area (Å²) < 4.78 is 17.1. The van der Waals surface area contributed by atoms with Crippen molar-refractivity contribution >= 4 is 36.4 Å². The van der Waals surface area contributed by atoms with E-state index in [1.807, 2.05) is 24.0 Å². The molecule has 7 rings (SSSR count). The van der Waals surface area contributed by atoms with Crippen LogP contribution in [0.25, 0.3) is 11.4 Å². The van der Waals surface area contributed by atoms with E-state index in [2.05, 4.69) is 43.0 Å². The Morgan fingerprint density at radius 1 is 0.860 bits per heavy atom. The van der Waals surface area contributed by atoms with Crippen LogP contribution < -0.4 is 9.47 Å². The number of aldehydes is 1. The second-order valence-electron chi connectivity index (χ2n) is 15.5. The van der Waals surface area contributed by atoms with Crippen LogP contribution >= 0.6 is 0 Å². The molecule has 306 valence electrons. The number of aliphatic carboxylic acids is 2. The van der Waals surface area contributed by atoms with E-state index < -0.39 is 11.9 Å². The number of carbonyl (C=O) groups excluding carboxylic acids is 2. The van der Waals surface area contributed by atoms with Crippen molar-refractivity contribution in [1.82, 2.24) is 9.80 Å². The molecule has 57 heavy (non-hydrogen) atoms. The molecule has 2 N–H and O–H groups in total. The summed E-state index contributed by atoms with van der Waals surface area (Å²) in [6.45, 7) is 7.66. The van der Waals surface area contributed by atoms with Crippen LogP contribution in [-0.4, -0.2) is 76.9 Å². The van der Waals surface area contributed by atoms with E-state index in [1.54, 1.807) is 20.4 Å². The third kappa shape index (κ3) is 9.04. The van der Waals surface area contributed by atoms with Gasteiger partial charge in [0.2, 0.25) is 0 Å². The molecular formula is C46H58N2O9. The number of nitrogens with zero attached hydrogens (tertiary/aromatic N) is 2. The van der Waals surface area contributed by atoms with Crippen LogP contribution in [0.2, 0.25) is 0 Å². The van der Waals surface area contributed by atoms with E-state index in [1.165, 1.54) is 35.3 Å². The molecular weight excluding hydrogens is 725 g/mol. The normalized spacial score (nSPS) is 18.6. The zero-order chi connectivity index (χ0) is 41.2. The van der Waals surface area contributed by atoms with Gasteiger partial charge in [-0.25, -0.2) is 9.59 Å². The van der Waals surface area contributed by atoms with E-state index >= 15 is 0 Å². The summed E-state index contributed by atoms with van der Waals surface area (Å²) in [4.78, 5) is 46.2. The second kappa shape index (κ2) is 19.3. The zero-order valence-corrected chi connectivity index (χ0v) is 33.9. The third-order valence-electron chi connectivity index (χ3n) is 12.1. The topological polar surface area (TPSA) is 143 Å². The number of fused-ring (bicyclic) bond motifs is 5. The summed E-state index contributed by atoms with van der Waals surface area (Å²) >= 11 is 0. The summed E-state index contributed by atoms with van der Waals surface area (Å²) in [5, 5.41) is 18.9. The van der Waals surface area contributed by atoms with E-state index in [4.69, 9.17) is 19.0 Å². The molecule has 0 unspecified atom stereocenters. The molecule has 2 aromatic carbocycles. The van der Waals surface area contributed by atoms with Crippen LogP contribution in [0.4, 0.5) is 0 Å². The van der Waals surface area contributed by atoms with Gasteiger partial charge in [0.15, 0.2) is 0 Å². The quantitative estimate of drug-likeness (QED) is 0.109. The van der Waals surface area contributed by atoms with E-state index in [-0.39, 0.29) is 11.1 Å². The molecule has 5 aliphatic rings. The first kappa shape index (κ1) is 43.0. The number of allylic oxidation sites excluding steroid dienone is 2. The summed E-state index contributed by atoms with van der Waals surface area (Å²) in [5.74, 6) is -0.186. The summed E-state index contributed by atoms with van der Waals surface area (Å²) in [7, 11) is 3.35. The number of carboxylic acid groups (broad SMARTS) is 2. The zero-order valence-electron chi connectivity index (χ0n) is 33.9. The van der Waals surface area contributed by atoms with E-state index in [0.717, 1.165) is 124 Å². The molecule has 0 amide bonds. The van der Waals surface area contributed by atoms with Gasteiger partial charge in [0.05, 0.1) is 32.1 Å². The van der Waals surface area contributed by atoms with Gasteiger partial charge in [0, 0.05) is 65.0 Å². The second-order valence-corrected chi connectivity index (χ2v) is 15.5. The Morgan fingerprint density at radius 3 is 2.05 bits per heavy atom. The number of hydrogen-bond donors (Lipinski definition) is 2. The van der Waals surface area contributed by atoms with Crippen molar-refractivity contribution in [2.45, 2.75) is 121 Å². The van der Waals surface area contributed by atoms with Crippen LogP contribution in [0.1, 0.15) is 118 Å². The molecule has 2 spiro atoms. The van der Waals surface area contributed by atoms with Crippen LogP contribution in [0, 0.1) is 0 Å². The fraction of sp³-hybridized carbons (Fsp3) is 0.478. The predicted molar refractivity (Wildman–Crippen MR) is 220 cm³/mol. The fourth-order valence-electron chi connectivity index (χ4n) is 8.86. The molecule has 0 saturated heterocycles. The first-order valence-electron chi connectivity index (χ1n) is 20.2. The van der Waals surface area contributed by atoms with Gasteiger partial charge in [-0.3, -0.25) is 4.79 Å². The van der Waals surface area contributed by atoms with E-state index in [0.29, 0.717) is 24.3 Å². The summed E-state index contributed by atoms with van der Waals surface area (Å²) in [6.07, 6.45) is 23.1. The van der Waals surface area contributed by atoms with Crippen molar-refractivity contribution in [3.05, 3.63) is 93.8 Å². The minimum Gasteiger partial charge on any atom is -0.496 e. The third-order valence-corrected chi connectivity index (χ3v) is 12.1. The molecule has 0 aromatic heterocycles. The summed E-state index contributed by atoms with van der Waals surface area (Å²) in [5.41, 5.74) is 8.91. The van der Waals surface area contributed by atoms with Crippen molar-refractivity contribution in [1.29, 1.82) is 0 Å². The van der Waals surface area contributed by atoms with Gasteiger partial charge in [0.25, 0.3) is 0 Å². The lowest BCUT2D eigenvalue weighted by atomic mass is 9.67. The largest absolute Gasteiger partial charge is 0.496 e. The highest BCUT2D eigenvalue weighted by atomic mass is 16.5. The van der Waals surface area contributed by atoms with Crippen LogP contribution in [-0.2, 0) is 49.8 Å². The average Bonchev–Trinajstić information content (AvgIpc) is 3.19. The maximum absolute atomic E-state index is 11.5. The smallest absolute Gasteiger partial charge is 0.333 e. The molecule has 11 heteroatoms. The monoisotopic (exact) mass is 782 g/mol. The van der Waals surface area contributed by atoms with Crippen LogP contribution in [0.15, 0.2) is 60.5 Å². The van der Waals surface area contributed by atoms with Crippen molar-refractivity contribution in [2.24, 2.45) is 0 Å². The van der Waals surface area contributed by atoms with Crippen molar-refractivity contribution in [2.75, 3.05) is 20.8 Å². The maximum Gasteiger partial charge on any atom is 0.333 e. The van der Waals surface area contributed by atoms with Gasteiger partial charge in [0.1, 0.15) is 24.6 Å². The lowest BCUT2D eigenvalue weighted by Gasteiger charge is -2.55. The number of benzene rings is 2. The minimum atomic E-state index is -0.995. The lowest BCUT2D eigenvalue weighted by molar-refractivity contribution is -0.133. The molecule has 0 radical (unpaired) electrons. The average molecular weight is 783 g/mol. The molecule has 3 heterocycles. The Bertz CT molecular complexity index is 1920. The predicted octanol–water partition coefficient (Wildman–Crippen LogP) is 8.28. The first-order chi connectivity index (χ1) is 27.6. The molecule has 3 aliphatic heterocycles. The van der Waals surface area contributed by atoms with E-state index in [9.17, 15) is 24.6 Å². The number of methoxy groups -OCH3 is 2. The Morgan fingerprint density at radius 2 is 1.47 bits per heavy atom. The van der Waals surface area contributed by atoms with Crippen LogP contribution in [0.3, 0.4) is 0 Å². The number of unbranched alkanes of at least 4 members (excludes halogenated alkanes) is 2. The Labute approximate surface area is 336 Å². The highest BCUT2D eigenvalue weighted by Crippen LogP contribution is 2.52. The standard InChI is InChI=1S/C23H29NO4.C22H27NO4.CH2O/c1-3-4-10-28-15-18-11-17-13-23(8-5-9-23)24-14-16(22(25)26)6-7-20(24)19(17)12-21(18)27-2;1-3-4-7-16-12-17-15-22(8-5-9-22)23(10-6-11-24)19(14-21(25)26)18(17)13-20(16)27-2;1-2/h7,11-12,14H,3-6,8-10,13,15H2,1-2H3,(H,25,26);6,10-14H,3-5,7-9,15H2,1-2H3,(H,25,26);1H2/b;10-6+,19-14-;. The maximum atomic E-state index is 11.5. The number of carbonyl (C=O) groups is 4. The minimum absolute atomic E-state index is 0.0227. The number of rotatable bonds is 14. The number of aryl methyl sites for hydroxylation is 1. The molecule has 11 nitrogen and oxygen atoms in total. The molecule has 2 aromatic rings. The SMILES string of the molecule is C=O.CCCCOCc1cc2c(cc1OC)C1=CCC(C(=O)O)=CN1C1(CCC1)C2.CCCCc1cc2c(cc1OC)/C(=C/C(=O)O)N(/C=C/C=O)C1(CCC1)C2. The number of hydrogen-bond acceptors (Lipinski definition) is 9. The fourth-order valence-corrected chi connectivity index (χ4v) is 8.86. The Kier molecular flexibility index (Phi) is 14.6. The van der Waals surface area contributed by atoms with Gasteiger partial charge in [-0.05, 0) is 112 Å². The van der Waals surface area contributed by atoms with Crippen molar-refractivity contribution in [3.63, 3.8) is 0 Å². The van der Waals surface area contributed by atoms with Gasteiger partial charge in [-0.2, -0.15) is 0 Å². The highest BCUT2D eigenvalue weighted by molar-refractivity contribution is 5.91. The molecule has 2 aliphatic carbocycles. The molecule has 2 fully saturated rings. The number of ether oxygens (including phenoxy) is 3. The van der Waals surface area contributed by atoms with Crippen molar-refractivity contribution in [3.8, 4) is 11.5 Å². The Balaban J connectivity index is 0.000000209. The first-order valence-corrected chi connectivity index (χ1v) is 20.2. The Hall–Kier alpha value is -5.16. The lowest BCUT2D eigenvalue weighted by Crippen LogP contribution is -2.55. The van der Waals surface area contributed by atoms with Gasteiger partial charge in [-0.15, -0.1) is 0 Å². The molecule has 0 bridgehead atoms. The number of carboxylic acids is 2. The molecule has 2 saturated carbocycles. The van der Waals surface area contributed by atoms with Crippen molar-refractivity contribution < 1.29 is 43.6 Å². The van der Waals surface area contributed by atoms with Gasteiger partial charge < -0.3 is 39.0 Å². The van der Waals surface area contributed by atoms with Gasteiger partial charge >= 0.3 is 11.9 Å². The summed E-state index contributed by atoms with van der Waals surface area (Å²) in [6, 6.07) is 8.51. The van der Waals surface area contributed by atoms with Gasteiger partial charge in [-0.1, -0.05) is 38.8 Å². The van der Waals surface area contributed by atoms with Crippen LogP contribution in [0.5, 0.6) is 11.5 Å². The molecule has 0 atom stereocenters.